The van der Waals surface area contributed by atoms with E-state index in [1.165, 1.54) is 31.2 Å². The summed E-state index contributed by atoms with van der Waals surface area (Å²) >= 11 is 0. The van der Waals surface area contributed by atoms with E-state index >= 15 is 0 Å². The van der Waals surface area contributed by atoms with Crippen LogP contribution in [0.4, 0.5) is 21.5 Å². The highest BCUT2D eigenvalue weighted by molar-refractivity contribution is 5.99. The number of amides is 1. The van der Waals surface area contributed by atoms with Gasteiger partial charge in [-0.2, -0.15) is 0 Å². The summed E-state index contributed by atoms with van der Waals surface area (Å²) in [6.07, 6.45) is -1.16. The van der Waals surface area contributed by atoms with E-state index in [1.54, 1.807) is 0 Å². The summed E-state index contributed by atoms with van der Waals surface area (Å²) in [5, 5.41) is 13.1. The minimum atomic E-state index is -1.16. The number of hydrogen-bond donors (Lipinski definition) is 2. The molecule has 0 radical (unpaired) electrons. The zero-order valence-electron chi connectivity index (χ0n) is 13.1. The summed E-state index contributed by atoms with van der Waals surface area (Å²) in [5.41, 5.74) is 5.45. The molecule has 0 fully saturated rings. The lowest BCUT2D eigenvalue weighted by atomic mass is 10.1. The molecule has 9 heteroatoms. The number of carbonyl (C=O) groups excluding carboxylic acids is 2. The molecule has 0 aliphatic heterocycles. The number of rotatable bonds is 5. The first-order valence-electron chi connectivity index (χ1n) is 7.09. The topological polar surface area (TPSA) is 125 Å². The number of benzene rings is 2. The standard InChI is InChI=1S/C16H14FN3O5/c1-9(15(21)19-11-4-2-10(17)3-5-11)25-16(22)13-7-6-12(20(23)24)8-14(13)18/h2-9H,18H2,1H3,(H,19,21)/t9-/m0/s1. The molecule has 3 N–H and O–H groups in total. The largest absolute Gasteiger partial charge is 0.449 e. The Morgan fingerprint density at radius 3 is 2.44 bits per heavy atom. The van der Waals surface area contributed by atoms with Gasteiger partial charge in [0, 0.05) is 17.8 Å². The molecule has 130 valence electrons. The number of carbonyl (C=O) groups is 2. The summed E-state index contributed by atoms with van der Waals surface area (Å²) in [6.45, 7) is 1.35. The molecule has 0 heterocycles. The molecule has 0 aromatic heterocycles. The third-order valence-electron chi connectivity index (χ3n) is 3.23. The number of halogens is 1. The van der Waals surface area contributed by atoms with Gasteiger partial charge < -0.3 is 15.8 Å². The minimum Gasteiger partial charge on any atom is -0.449 e. The molecule has 0 saturated heterocycles. The molecular weight excluding hydrogens is 333 g/mol. The molecule has 0 aliphatic rings. The van der Waals surface area contributed by atoms with E-state index in [9.17, 15) is 24.1 Å². The van der Waals surface area contributed by atoms with Gasteiger partial charge in [0.1, 0.15) is 5.82 Å². The van der Waals surface area contributed by atoms with Crippen molar-refractivity contribution in [2.45, 2.75) is 13.0 Å². The van der Waals surface area contributed by atoms with Gasteiger partial charge >= 0.3 is 5.97 Å². The fraction of sp³-hybridized carbons (Fsp3) is 0.125. The fourth-order valence-electron chi connectivity index (χ4n) is 1.90. The molecule has 0 spiro atoms. The number of nitro groups is 1. The summed E-state index contributed by atoms with van der Waals surface area (Å²) in [6, 6.07) is 8.34. The van der Waals surface area contributed by atoms with Crippen molar-refractivity contribution in [3.63, 3.8) is 0 Å². The molecule has 0 aliphatic carbocycles. The van der Waals surface area contributed by atoms with E-state index in [0.717, 1.165) is 18.2 Å². The molecular formula is C16H14FN3O5. The predicted octanol–water partition coefficient (Wildman–Crippen LogP) is 2.50. The van der Waals surface area contributed by atoms with Crippen molar-refractivity contribution < 1.29 is 23.6 Å². The number of nitrogens with zero attached hydrogens (tertiary/aromatic N) is 1. The van der Waals surface area contributed by atoms with Gasteiger partial charge in [0.25, 0.3) is 11.6 Å². The van der Waals surface area contributed by atoms with Crippen molar-refractivity contribution in [1.29, 1.82) is 0 Å². The SMILES string of the molecule is C[C@H](OC(=O)c1ccc([N+](=O)[O-])cc1N)C(=O)Nc1ccc(F)cc1. The van der Waals surface area contributed by atoms with E-state index in [2.05, 4.69) is 5.32 Å². The maximum atomic E-state index is 12.8. The molecule has 0 saturated carbocycles. The van der Waals surface area contributed by atoms with E-state index in [0.29, 0.717) is 5.69 Å². The Kier molecular flexibility index (Phi) is 5.28. The Bertz CT molecular complexity index is 823. The van der Waals surface area contributed by atoms with Crippen molar-refractivity contribution >= 4 is 28.9 Å². The summed E-state index contributed by atoms with van der Waals surface area (Å²) < 4.78 is 17.8. The Morgan fingerprint density at radius 2 is 1.88 bits per heavy atom. The first-order valence-corrected chi connectivity index (χ1v) is 7.09. The van der Waals surface area contributed by atoms with Gasteiger partial charge in [-0.3, -0.25) is 14.9 Å². The van der Waals surface area contributed by atoms with Gasteiger partial charge in [0.05, 0.1) is 16.2 Å². The monoisotopic (exact) mass is 347 g/mol. The Hall–Kier alpha value is -3.49. The lowest BCUT2D eigenvalue weighted by molar-refractivity contribution is -0.384. The highest BCUT2D eigenvalue weighted by Gasteiger charge is 2.21. The zero-order valence-corrected chi connectivity index (χ0v) is 13.1. The van der Waals surface area contributed by atoms with Crippen LogP contribution < -0.4 is 11.1 Å². The normalized spacial score (nSPS) is 11.4. The van der Waals surface area contributed by atoms with Crippen molar-refractivity contribution in [2.75, 3.05) is 11.1 Å². The Balaban J connectivity index is 2.02. The first-order chi connectivity index (χ1) is 11.8. The second kappa shape index (κ2) is 7.39. The van der Waals surface area contributed by atoms with Crippen LogP contribution in [0.15, 0.2) is 42.5 Å². The molecule has 25 heavy (non-hydrogen) atoms. The highest BCUT2D eigenvalue weighted by atomic mass is 19.1. The molecule has 8 nitrogen and oxygen atoms in total. The summed E-state index contributed by atoms with van der Waals surface area (Å²) in [5.74, 6) is -1.97. The van der Waals surface area contributed by atoms with Gasteiger partial charge in [-0.05, 0) is 37.3 Å². The van der Waals surface area contributed by atoms with Gasteiger partial charge in [-0.25, -0.2) is 9.18 Å². The summed E-state index contributed by atoms with van der Waals surface area (Å²) in [4.78, 5) is 34.1. The number of non-ortho nitro benzene ring substituents is 1. The smallest absolute Gasteiger partial charge is 0.341 e. The van der Waals surface area contributed by atoms with Crippen LogP contribution in [-0.4, -0.2) is 22.9 Å². The Labute approximate surface area is 141 Å². The third kappa shape index (κ3) is 4.50. The predicted molar refractivity (Wildman–Crippen MR) is 87.4 cm³/mol. The lowest BCUT2D eigenvalue weighted by Crippen LogP contribution is -2.30. The number of anilines is 2. The maximum Gasteiger partial charge on any atom is 0.341 e. The molecule has 0 unspecified atom stereocenters. The number of hydrogen-bond acceptors (Lipinski definition) is 6. The lowest BCUT2D eigenvalue weighted by Gasteiger charge is -2.14. The van der Waals surface area contributed by atoms with Gasteiger partial charge in [-0.15, -0.1) is 0 Å². The summed E-state index contributed by atoms with van der Waals surface area (Å²) in [7, 11) is 0. The van der Waals surface area contributed by atoms with E-state index in [4.69, 9.17) is 10.5 Å². The number of nitrogens with one attached hydrogen (secondary N) is 1. The van der Waals surface area contributed by atoms with Crippen LogP contribution in [0.2, 0.25) is 0 Å². The molecule has 2 aromatic rings. The number of esters is 1. The number of nitrogens with two attached hydrogens (primary N) is 1. The zero-order chi connectivity index (χ0) is 18.6. The van der Waals surface area contributed by atoms with E-state index in [-0.39, 0.29) is 16.9 Å². The van der Waals surface area contributed by atoms with E-state index < -0.39 is 28.7 Å². The van der Waals surface area contributed by atoms with Gasteiger partial charge in [-0.1, -0.05) is 0 Å². The van der Waals surface area contributed by atoms with Crippen LogP contribution in [-0.2, 0) is 9.53 Å². The molecule has 2 rings (SSSR count). The van der Waals surface area contributed by atoms with Crippen LogP contribution in [0, 0.1) is 15.9 Å². The average molecular weight is 347 g/mol. The highest BCUT2D eigenvalue weighted by Crippen LogP contribution is 2.21. The van der Waals surface area contributed by atoms with Crippen LogP contribution in [0.25, 0.3) is 0 Å². The van der Waals surface area contributed by atoms with Gasteiger partial charge in [0.2, 0.25) is 0 Å². The van der Waals surface area contributed by atoms with Crippen molar-refractivity contribution in [3.05, 3.63) is 64.0 Å². The molecule has 1 atom stereocenters. The van der Waals surface area contributed by atoms with Gasteiger partial charge in [0.15, 0.2) is 6.10 Å². The first kappa shape index (κ1) is 17.9. The van der Waals surface area contributed by atoms with Crippen LogP contribution in [0.1, 0.15) is 17.3 Å². The van der Waals surface area contributed by atoms with Crippen molar-refractivity contribution in [2.24, 2.45) is 0 Å². The van der Waals surface area contributed by atoms with Crippen LogP contribution in [0.5, 0.6) is 0 Å². The molecule has 1 amide bonds. The van der Waals surface area contributed by atoms with Crippen LogP contribution in [0.3, 0.4) is 0 Å². The number of nitrogen functional groups attached to an aromatic ring is 1. The molecule has 2 aromatic carbocycles. The average Bonchev–Trinajstić information content (AvgIpc) is 2.56. The quantitative estimate of drug-likeness (QED) is 0.370. The fourth-order valence-corrected chi connectivity index (χ4v) is 1.90. The second-order valence-corrected chi connectivity index (χ2v) is 5.07. The van der Waals surface area contributed by atoms with Crippen molar-refractivity contribution in [3.8, 4) is 0 Å². The third-order valence-corrected chi connectivity index (χ3v) is 3.23. The Morgan fingerprint density at radius 1 is 1.24 bits per heavy atom. The minimum absolute atomic E-state index is 0.0907. The second-order valence-electron chi connectivity index (χ2n) is 5.07. The molecule has 0 bridgehead atoms. The van der Waals surface area contributed by atoms with Crippen molar-refractivity contribution in [1.82, 2.24) is 0 Å². The van der Waals surface area contributed by atoms with Crippen LogP contribution >= 0.6 is 0 Å². The maximum absolute atomic E-state index is 12.8. The van der Waals surface area contributed by atoms with E-state index in [1.807, 2.05) is 0 Å². The number of ether oxygens (including phenoxy) is 1. The number of nitro benzene ring substituents is 1.